The van der Waals surface area contributed by atoms with Gasteiger partial charge in [0.2, 0.25) is 10.0 Å². The highest BCUT2D eigenvalue weighted by Crippen LogP contribution is 2.38. The van der Waals surface area contributed by atoms with Crippen molar-refractivity contribution >= 4 is 32.6 Å². The Hall–Kier alpha value is -2.73. The highest BCUT2D eigenvalue weighted by Gasteiger charge is 2.47. The van der Waals surface area contributed by atoms with Gasteiger partial charge in [0.1, 0.15) is 10.4 Å². The van der Waals surface area contributed by atoms with E-state index in [1.807, 2.05) is 6.07 Å². The Morgan fingerprint density at radius 3 is 2.69 bits per heavy atom. The van der Waals surface area contributed by atoms with Crippen LogP contribution in [0.2, 0.25) is 0 Å². The van der Waals surface area contributed by atoms with Crippen molar-refractivity contribution in [3.05, 3.63) is 23.5 Å². The second-order valence-corrected chi connectivity index (χ2v) is 11.5. The van der Waals surface area contributed by atoms with Gasteiger partial charge in [0.25, 0.3) is 6.43 Å². The smallest absolute Gasteiger partial charge is 0.291 e. The molecule has 0 unspecified atom stereocenters. The van der Waals surface area contributed by atoms with Gasteiger partial charge in [0.05, 0.1) is 23.5 Å². The fourth-order valence-electron chi connectivity index (χ4n) is 4.28. The van der Waals surface area contributed by atoms with Crippen LogP contribution in [0.1, 0.15) is 37.1 Å². The van der Waals surface area contributed by atoms with E-state index in [4.69, 9.17) is 4.74 Å². The zero-order valence-electron chi connectivity index (χ0n) is 18.8. The summed E-state index contributed by atoms with van der Waals surface area (Å²) in [7, 11) is -2.37. The quantitative estimate of drug-likeness (QED) is 0.478. The molecule has 10 nitrogen and oxygen atoms in total. The molecule has 2 aliphatic rings. The summed E-state index contributed by atoms with van der Waals surface area (Å²) in [4.78, 5) is 6.42. The molecule has 0 aromatic carbocycles. The molecule has 0 atom stereocenters. The Balaban J connectivity index is 1.59. The number of anilines is 1. The molecule has 35 heavy (non-hydrogen) atoms. The molecule has 0 amide bonds. The van der Waals surface area contributed by atoms with E-state index in [1.165, 1.54) is 6.20 Å². The Morgan fingerprint density at radius 2 is 2.09 bits per heavy atom. The predicted molar refractivity (Wildman–Crippen MR) is 124 cm³/mol. The minimum atomic E-state index is -4.05. The largest absolute Gasteiger partial charge is 0.384 e. The van der Waals surface area contributed by atoms with Gasteiger partial charge in [0.15, 0.2) is 15.8 Å². The standard InChI is InChI=1S/C21H23F2N7O3S2/c1-33-11-13-2-6-29(7-3-13)15-8-14(35(31,32)28-21(12-24)4-5-21)10-30-16(15)9-25-18(30)20-27-26-19(34-20)17(22)23/h8-10,13,17,28H,2-7,11H2,1H3. The molecule has 5 rings (SSSR count). The SMILES string of the molecule is COCC1CCN(c2cc(S(=O)(=O)NC3(C#N)CC3)cn3c(-c4nnc(C(F)F)s4)ncc23)CC1. The lowest BCUT2D eigenvalue weighted by Gasteiger charge is -2.34. The number of piperidine rings is 1. The summed E-state index contributed by atoms with van der Waals surface area (Å²) in [5.41, 5.74) is 0.192. The molecule has 1 aliphatic carbocycles. The Bertz CT molecular complexity index is 1390. The number of nitrogens with one attached hydrogen (secondary N) is 1. The summed E-state index contributed by atoms with van der Waals surface area (Å²) in [6.07, 6.45) is 2.85. The fourth-order valence-corrected chi connectivity index (χ4v) is 6.37. The summed E-state index contributed by atoms with van der Waals surface area (Å²) >= 11 is 0.707. The van der Waals surface area contributed by atoms with Gasteiger partial charge >= 0.3 is 0 Å². The lowest BCUT2D eigenvalue weighted by Crippen LogP contribution is -2.37. The minimum Gasteiger partial charge on any atom is -0.384 e. The summed E-state index contributed by atoms with van der Waals surface area (Å²) < 4.78 is 62.1. The maximum Gasteiger partial charge on any atom is 0.291 e. The van der Waals surface area contributed by atoms with E-state index >= 15 is 0 Å². The third kappa shape index (κ3) is 4.61. The van der Waals surface area contributed by atoms with Crippen LogP contribution in [0.25, 0.3) is 16.3 Å². The molecule has 1 N–H and O–H groups in total. The summed E-state index contributed by atoms with van der Waals surface area (Å²) in [6, 6.07) is 3.62. The number of aromatic nitrogens is 4. The summed E-state index contributed by atoms with van der Waals surface area (Å²) in [5, 5.41) is 16.5. The zero-order valence-corrected chi connectivity index (χ0v) is 20.4. The number of pyridine rings is 1. The Labute approximate surface area is 204 Å². The lowest BCUT2D eigenvalue weighted by atomic mass is 9.97. The van der Waals surface area contributed by atoms with E-state index in [0.717, 1.165) is 12.8 Å². The van der Waals surface area contributed by atoms with Gasteiger partial charge in [-0.25, -0.2) is 22.2 Å². The molecule has 3 aromatic rings. The van der Waals surface area contributed by atoms with Crippen molar-refractivity contribution in [1.29, 1.82) is 5.26 Å². The first-order chi connectivity index (χ1) is 16.7. The number of nitriles is 1. The van der Waals surface area contributed by atoms with Gasteiger partial charge in [-0.3, -0.25) is 4.40 Å². The second-order valence-electron chi connectivity index (χ2n) is 8.83. The van der Waals surface area contributed by atoms with Crippen LogP contribution >= 0.6 is 11.3 Å². The Morgan fingerprint density at radius 1 is 1.34 bits per heavy atom. The molecule has 186 valence electrons. The predicted octanol–water partition coefficient (Wildman–Crippen LogP) is 2.99. The number of sulfonamides is 1. The van der Waals surface area contributed by atoms with Crippen molar-refractivity contribution in [2.75, 3.05) is 31.7 Å². The molecule has 4 heterocycles. The van der Waals surface area contributed by atoms with E-state index in [-0.39, 0.29) is 15.7 Å². The van der Waals surface area contributed by atoms with Crippen molar-refractivity contribution in [2.45, 2.75) is 42.5 Å². The van der Waals surface area contributed by atoms with E-state index in [0.29, 0.717) is 61.0 Å². The second kappa shape index (κ2) is 9.05. The first kappa shape index (κ1) is 24.0. The molecule has 1 saturated carbocycles. The number of hydrogen-bond acceptors (Lipinski definition) is 9. The molecule has 3 aromatic heterocycles. The summed E-state index contributed by atoms with van der Waals surface area (Å²) in [6.45, 7) is 2.05. The van der Waals surface area contributed by atoms with Crippen LogP contribution < -0.4 is 9.62 Å². The van der Waals surface area contributed by atoms with Gasteiger partial charge in [-0.05, 0) is 37.7 Å². The van der Waals surface area contributed by atoms with Gasteiger partial charge in [-0.15, -0.1) is 10.2 Å². The van der Waals surface area contributed by atoms with Crippen LogP contribution in [0.4, 0.5) is 14.5 Å². The molecule has 14 heteroatoms. The molecule has 0 radical (unpaired) electrons. The molecule has 2 fully saturated rings. The van der Waals surface area contributed by atoms with Gasteiger partial charge in [-0.1, -0.05) is 11.3 Å². The molecule has 0 spiro atoms. The van der Waals surface area contributed by atoms with Crippen LogP contribution in [0, 0.1) is 17.2 Å². The Kier molecular flexibility index (Phi) is 6.20. The van der Waals surface area contributed by atoms with E-state index < -0.39 is 27.0 Å². The third-order valence-corrected chi connectivity index (χ3v) is 8.80. The van der Waals surface area contributed by atoms with Crippen molar-refractivity contribution < 1.29 is 21.9 Å². The van der Waals surface area contributed by atoms with Crippen LogP contribution in [-0.2, 0) is 14.8 Å². The number of halogens is 2. The monoisotopic (exact) mass is 523 g/mol. The molecule has 1 saturated heterocycles. The van der Waals surface area contributed by atoms with Crippen molar-refractivity contribution in [3.8, 4) is 16.9 Å². The number of methoxy groups -OCH3 is 1. The number of hydrogen-bond donors (Lipinski definition) is 1. The van der Waals surface area contributed by atoms with Crippen molar-refractivity contribution in [3.63, 3.8) is 0 Å². The van der Waals surface area contributed by atoms with Crippen LogP contribution in [0.3, 0.4) is 0 Å². The molecule has 1 aliphatic heterocycles. The number of nitrogens with zero attached hydrogens (tertiary/aromatic N) is 6. The van der Waals surface area contributed by atoms with Gasteiger partial charge in [0, 0.05) is 33.0 Å². The number of imidazole rings is 1. The highest BCUT2D eigenvalue weighted by atomic mass is 32.2. The number of alkyl halides is 2. The van der Waals surface area contributed by atoms with Gasteiger partial charge in [-0.2, -0.15) is 9.98 Å². The number of rotatable bonds is 8. The lowest BCUT2D eigenvalue weighted by molar-refractivity contribution is 0.139. The van der Waals surface area contributed by atoms with E-state index in [2.05, 4.69) is 24.8 Å². The highest BCUT2D eigenvalue weighted by molar-refractivity contribution is 7.89. The molecular weight excluding hydrogens is 500 g/mol. The average molecular weight is 524 g/mol. The van der Waals surface area contributed by atoms with Crippen LogP contribution in [0.5, 0.6) is 0 Å². The van der Waals surface area contributed by atoms with Crippen molar-refractivity contribution in [2.24, 2.45) is 5.92 Å². The van der Waals surface area contributed by atoms with Gasteiger partial charge < -0.3 is 9.64 Å². The maximum atomic E-state index is 13.3. The van der Waals surface area contributed by atoms with E-state index in [9.17, 15) is 22.5 Å². The average Bonchev–Trinajstić information content (AvgIpc) is 3.22. The number of fused-ring (bicyclic) bond motifs is 1. The van der Waals surface area contributed by atoms with Crippen molar-refractivity contribution in [1.82, 2.24) is 24.3 Å². The molecule has 0 bridgehead atoms. The van der Waals surface area contributed by atoms with Crippen LogP contribution in [-0.4, -0.2) is 60.3 Å². The maximum absolute atomic E-state index is 13.3. The zero-order chi connectivity index (χ0) is 24.8. The number of ether oxygens (including phenoxy) is 1. The minimum absolute atomic E-state index is 0.0432. The third-order valence-electron chi connectivity index (χ3n) is 6.37. The normalized spacial score (nSPS) is 18.3. The molecular formula is C21H23F2N7O3S2. The first-order valence-corrected chi connectivity index (χ1v) is 13.4. The van der Waals surface area contributed by atoms with E-state index in [1.54, 1.807) is 23.8 Å². The first-order valence-electron chi connectivity index (χ1n) is 11.1. The van der Waals surface area contributed by atoms with Crippen LogP contribution in [0.15, 0.2) is 23.4 Å². The summed E-state index contributed by atoms with van der Waals surface area (Å²) in [5.74, 6) is 0.638. The topological polar surface area (TPSA) is 126 Å². The fraction of sp³-hybridized carbons (Fsp3) is 0.524.